The summed E-state index contributed by atoms with van der Waals surface area (Å²) in [5, 5.41) is 5.88. The van der Waals surface area contributed by atoms with E-state index < -0.39 is 0 Å². The molecule has 0 saturated carbocycles. The van der Waals surface area contributed by atoms with Gasteiger partial charge < -0.3 is 15.2 Å². The van der Waals surface area contributed by atoms with Crippen LogP contribution < -0.4 is 10.6 Å². The highest BCUT2D eigenvalue weighted by Crippen LogP contribution is 2.22. The Morgan fingerprint density at radius 3 is 2.80 bits per heavy atom. The second-order valence-electron chi connectivity index (χ2n) is 5.92. The summed E-state index contributed by atoms with van der Waals surface area (Å²) in [6.45, 7) is 3.40. The molecule has 1 unspecified atom stereocenters. The smallest absolute Gasteiger partial charge is 0.315 e. The molecule has 2 N–H and O–H groups in total. The van der Waals surface area contributed by atoms with Crippen LogP contribution in [0, 0.1) is 0 Å². The van der Waals surface area contributed by atoms with Crippen molar-refractivity contribution in [2.24, 2.45) is 0 Å². The van der Waals surface area contributed by atoms with E-state index in [4.69, 9.17) is 0 Å². The number of imidazole rings is 1. The van der Waals surface area contributed by atoms with Gasteiger partial charge in [0.05, 0.1) is 23.4 Å². The average molecular weight is 401 g/mol. The number of nitrogens with zero attached hydrogens (tertiary/aromatic N) is 2. The van der Waals surface area contributed by atoms with Gasteiger partial charge in [0.15, 0.2) is 0 Å². The van der Waals surface area contributed by atoms with E-state index in [1.807, 2.05) is 55.7 Å². The molecule has 5 nitrogen and oxygen atoms in total. The van der Waals surface area contributed by atoms with Crippen molar-refractivity contribution in [3.63, 3.8) is 0 Å². The first-order chi connectivity index (χ1) is 12.1. The van der Waals surface area contributed by atoms with Crippen LogP contribution in [-0.2, 0) is 6.54 Å². The van der Waals surface area contributed by atoms with Gasteiger partial charge in [-0.1, -0.05) is 46.3 Å². The van der Waals surface area contributed by atoms with E-state index in [-0.39, 0.29) is 12.1 Å². The van der Waals surface area contributed by atoms with E-state index in [1.54, 1.807) is 0 Å². The molecular formula is C19H21BrN4O. The Balaban J connectivity index is 1.44. The van der Waals surface area contributed by atoms with Crippen LogP contribution in [0.4, 0.5) is 4.79 Å². The minimum Gasteiger partial charge on any atom is -0.338 e. The van der Waals surface area contributed by atoms with Gasteiger partial charge in [0.2, 0.25) is 0 Å². The number of benzene rings is 2. The number of carbonyl (C=O) groups excluding carboxylic acids is 1. The van der Waals surface area contributed by atoms with Gasteiger partial charge in [0.25, 0.3) is 0 Å². The fourth-order valence-corrected chi connectivity index (χ4v) is 3.42. The number of aromatic nitrogens is 2. The lowest BCUT2D eigenvalue weighted by molar-refractivity contribution is 0.237. The van der Waals surface area contributed by atoms with Crippen molar-refractivity contribution >= 4 is 33.0 Å². The number of amides is 2. The number of aryl methyl sites for hydroxylation is 1. The van der Waals surface area contributed by atoms with Crippen molar-refractivity contribution in [3.8, 4) is 0 Å². The monoisotopic (exact) mass is 400 g/mol. The first kappa shape index (κ1) is 17.5. The van der Waals surface area contributed by atoms with Gasteiger partial charge in [-0.05, 0) is 37.1 Å². The summed E-state index contributed by atoms with van der Waals surface area (Å²) in [6.07, 6.45) is 2.69. The summed E-state index contributed by atoms with van der Waals surface area (Å²) >= 11 is 3.51. The minimum absolute atomic E-state index is 0.0619. The second-order valence-corrected chi connectivity index (χ2v) is 6.78. The topological polar surface area (TPSA) is 59.0 Å². The first-order valence-electron chi connectivity index (χ1n) is 8.34. The molecule has 3 aromatic rings. The third-order valence-corrected chi connectivity index (χ3v) is 4.83. The largest absolute Gasteiger partial charge is 0.338 e. The van der Waals surface area contributed by atoms with Crippen LogP contribution in [0.25, 0.3) is 11.0 Å². The average Bonchev–Trinajstić information content (AvgIpc) is 3.02. The number of carbonyl (C=O) groups is 1. The second kappa shape index (κ2) is 8.16. The lowest BCUT2D eigenvalue weighted by atomic mass is 10.1. The molecule has 0 aliphatic carbocycles. The van der Waals surface area contributed by atoms with Crippen LogP contribution in [0.3, 0.4) is 0 Å². The Morgan fingerprint density at radius 1 is 1.20 bits per heavy atom. The summed E-state index contributed by atoms with van der Waals surface area (Å²) in [7, 11) is 0. The zero-order chi connectivity index (χ0) is 17.6. The maximum Gasteiger partial charge on any atom is 0.315 e. The zero-order valence-electron chi connectivity index (χ0n) is 14.1. The molecule has 2 aromatic carbocycles. The number of hydrogen-bond acceptors (Lipinski definition) is 2. The van der Waals surface area contributed by atoms with Crippen molar-refractivity contribution in [2.45, 2.75) is 25.9 Å². The van der Waals surface area contributed by atoms with Gasteiger partial charge in [-0.25, -0.2) is 9.78 Å². The molecular weight excluding hydrogens is 380 g/mol. The van der Waals surface area contributed by atoms with E-state index in [1.165, 1.54) is 0 Å². The highest BCUT2D eigenvalue weighted by atomic mass is 79.9. The van der Waals surface area contributed by atoms with Crippen LogP contribution in [-0.4, -0.2) is 22.1 Å². The van der Waals surface area contributed by atoms with E-state index >= 15 is 0 Å². The highest BCUT2D eigenvalue weighted by molar-refractivity contribution is 9.10. The Kier molecular flexibility index (Phi) is 5.71. The predicted octanol–water partition coefficient (Wildman–Crippen LogP) is 4.25. The van der Waals surface area contributed by atoms with Gasteiger partial charge in [-0.15, -0.1) is 0 Å². The lowest BCUT2D eigenvalue weighted by Gasteiger charge is -2.16. The fourth-order valence-electron chi connectivity index (χ4n) is 2.79. The fraction of sp³-hybridized carbons (Fsp3) is 0.263. The molecule has 0 fully saturated rings. The highest BCUT2D eigenvalue weighted by Gasteiger charge is 2.11. The van der Waals surface area contributed by atoms with Crippen molar-refractivity contribution in [1.29, 1.82) is 0 Å². The number of para-hydroxylation sites is 2. The molecule has 1 atom stereocenters. The number of fused-ring (bicyclic) bond motifs is 1. The van der Waals surface area contributed by atoms with Crippen molar-refractivity contribution < 1.29 is 4.79 Å². The zero-order valence-corrected chi connectivity index (χ0v) is 15.7. The van der Waals surface area contributed by atoms with Gasteiger partial charge in [-0.2, -0.15) is 0 Å². The maximum atomic E-state index is 12.1. The minimum atomic E-state index is -0.154. The summed E-state index contributed by atoms with van der Waals surface area (Å²) < 4.78 is 3.10. The normalized spacial score (nSPS) is 12.1. The van der Waals surface area contributed by atoms with Crippen LogP contribution in [0.2, 0.25) is 0 Å². The molecule has 130 valence electrons. The third kappa shape index (κ3) is 4.39. The molecule has 6 heteroatoms. The Bertz CT molecular complexity index is 861. The molecule has 1 aromatic heterocycles. The molecule has 1 heterocycles. The molecule has 25 heavy (non-hydrogen) atoms. The molecule has 3 rings (SSSR count). The van der Waals surface area contributed by atoms with Crippen molar-refractivity contribution in [1.82, 2.24) is 20.2 Å². The summed E-state index contributed by atoms with van der Waals surface area (Å²) in [5.74, 6) is 0. The number of rotatable bonds is 6. The van der Waals surface area contributed by atoms with Crippen LogP contribution >= 0.6 is 15.9 Å². The standard InChI is InChI=1S/C19H21BrN4O/c1-14(15-7-2-3-8-16(15)20)23-19(25)21-11-6-12-24-13-22-17-9-4-5-10-18(17)24/h2-5,7-10,13-14H,6,11-12H2,1H3,(H2,21,23,25). The van der Waals surface area contributed by atoms with E-state index in [0.29, 0.717) is 6.54 Å². The molecule has 0 bridgehead atoms. The SMILES string of the molecule is CC(NC(=O)NCCCn1cnc2ccccc21)c1ccccc1Br. The Morgan fingerprint density at radius 2 is 1.96 bits per heavy atom. The Labute approximate surface area is 155 Å². The van der Waals surface area contributed by atoms with Crippen LogP contribution in [0.15, 0.2) is 59.3 Å². The molecule has 0 aliphatic heterocycles. The lowest BCUT2D eigenvalue weighted by Crippen LogP contribution is -2.37. The van der Waals surface area contributed by atoms with Crippen LogP contribution in [0.5, 0.6) is 0 Å². The third-order valence-electron chi connectivity index (χ3n) is 4.11. The number of halogens is 1. The van der Waals surface area contributed by atoms with Crippen molar-refractivity contribution in [2.75, 3.05) is 6.54 Å². The van der Waals surface area contributed by atoms with E-state index in [2.05, 4.69) is 42.2 Å². The van der Waals surface area contributed by atoms with Crippen LogP contribution in [0.1, 0.15) is 24.9 Å². The molecule has 0 spiro atoms. The number of nitrogens with one attached hydrogen (secondary N) is 2. The summed E-state index contributed by atoms with van der Waals surface area (Å²) in [5.41, 5.74) is 3.17. The van der Waals surface area contributed by atoms with Gasteiger partial charge in [0, 0.05) is 17.6 Å². The summed E-state index contributed by atoms with van der Waals surface area (Å²) in [6, 6.07) is 15.7. The quantitative estimate of drug-likeness (QED) is 0.607. The van der Waals surface area contributed by atoms with Gasteiger partial charge in [-0.3, -0.25) is 0 Å². The first-order valence-corrected chi connectivity index (χ1v) is 9.13. The molecule has 0 aliphatic rings. The number of urea groups is 1. The molecule has 2 amide bonds. The summed E-state index contributed by atoms with van der Waals surface area (Å²) in [4.78, 5) is 16.4. The van der Waals surface area contributed by atoms with Gasteiger partial charge in [0.1, 0.15) is 0 Å². The van der Waals surface area contributed by atoms with Gasteiger partial charge >= 0.3 is 6.03 Å². The molecule has 0 radical (unpaired) electrons. The Hall–Kier alpha value is -2.34. The predicted molar refractivity (Wildman–Crippen MR) is 103 cm³/mol. The number of hydrogen-bond donors (Lipinski definition) is 2. The van der Waals surface area contributed by atoms with E-state index in [0.717, 1.165) is 34.0 Å². The van der Waals surface area contributed by atoms with E-state index in [9.17, 15) is 4.79 Å². The van der Waals surface area contributed by atoms with Crippen molar-refractivity contribution in [3.05, 3.63) is 64.9 Å². The molecule has 0 saturated heterocycles. The maximum absolute atomic E-state index is 12.1.